The third-order valence-corrected chi connectivity index (χ3v) is 4.81. The summed E-state index contributed by atoms with van der Waals surface area (Å²) in [6.07, 6.45) is -3.62. The molecule has 0 unspecified atom stereocenters. The van der Waals surface area contributed by atoms with Crippen molar-refractivity contribution in [1.82, 2.24) is 24.7 Å². The first-order chi connectivity index (χ1) is 10.5. The molecule has 1 amide bonds. The number of carbonyl (C=O) groups is 1. The van der Waals surface area contributed by atoms with Gasteiger partial charge in [0.25, 0.3) is 15.9 Å². The van der Waals surface area contributed by atoms with Crippen molar-refractivity contribution in [1.29, 1.82) is 0 Å². The molecule has 0 radical (unpaired) electrons. The highest BCUT2D eigenvalue weighted by Gasteiger charge is 2.37. The van der Waals surface area contributed by atoms with Gasteiger partial charge in [-0.05, 0) is 13.8 Å². The summed E-state index contributed by atoms with van der Waals surface area (Å²) in [4.78, 5) is 15.0. The number of hydrogen-bond donors (Lipinski definition) is 1. The first-order valence-corrected chi connectivity index (χ1v) is 8.36. The molecule has 0 spiro atoms. The van der Waals surface area contributed by atoms with E-state index < -0.39 is 37.8 Å². The number of rotatable bonds is 4. The van der Waals surface area contributed by atoms with E-state index in [0.717, 1.165) is 6.20 Å². The molecule has 8 nitrogen and oxygen atoms in total. The molecule has 0 fully saturated rings. The summed E-state index contributed by atoms with van der Waals surface area (Å²) in [7, 11) is -4.35. The SMILES string of the molecule is CCn1cc(S(=O)(=O)NC(=O)c2nc(C(F)(F)F)sc2C)nn1. The Bertz CT molecular complexity index is 840. The van der Waals surface area contributed by atoms with Crippen LogP contribution in [0.2, 0.25) is 0 Å². The van der Waals surface area contributed by atoms with Crippen LogP contribution in [0.1, 0.15) is 27.3 Å². The van der Waals surface area contributed by atoms with Gasteiger partial charge >= 0.3 is 6.18 Å². The van der Waals surface area contributed by atoms with E-state index in [1.54, 1.807) is 11.6 Å². The molecule has 126 valence electrons. The smallest absolute Gasteiger partial charge is 0.266 e. The Hall–Kier alpha value is -2.02. The summed E-state index contributed by atoms with van der Waals surface area (Å²) in [6.45, 7) is 3.29. The van der Waals surface area contributed by atoms with E-state index in [1.807, 2.05) is 0 Å². The van der Waals surface area contributed by atoms with E-state index in [2.05, 4.69) is 15.3 Å². The summed E-state index contributed by atoms with van der Waals surface area (Å²) >= 11 is 0.255. The number of nitrogens with zero attached hydrogens (tertiary/aromatic N) is 4. The quantitative estimate of drug-likeness (QED) is 0.868. The van der Waals surface area contributed by atoms with E-state index in [-0.39, 0.29) is 16.2 Å². The fourth-order valence-corrected chi connectivity index (χ4v) is 3.14. The molecule has 0 saturated heterocycles. The number of halogens is 3. The lowest BCUT2D eigenvalue weighted by Crippen LogP contribution is -2.31. The predicted octanol–water partition coefficient (Wildman–Crippen LogP) is 1.20. The van der Waals surface area contributed by atoms with Crippen molar-refractivity contribution >= 4 is 27.3 Å². The molecular formula is C10H10F3N5O3S2. The molecule has 2 aromatic heterocycles. The minimum atomic E-state index is -4.71. The van der Waals surface area contributed by atoms with Gasteiger partial charge in [-0.2, -0.15) is 21.6 Å². The lowest BCUT2D eigenvalue weighted by molar-refractivity contribution is -0.137. The van der Waals surface area contributed by atoms with Crippen LogP contribution in [0.15, 0.2) is 11.2 Å². The van der Waals surface area contributed by atoms with Gasteiger partial charge in [-0.1, -0.05) is 5.21 Å². The molecule has 0 atom stereocenters. The van der Waals surface area contributed by atoms with Crippen LogP contribution in [0.3, 0.4) is 0 Å². The third kappa shape index (κ3) is 3.67. The standard InChI is InChI=1S/C10H10F3N5O3S2/c1-3-18-4-6(15-17-18)23(20,21)16-8(19)7-5(2)22-9(14-7)10(11,12)13/h4H,3H2,1-2H3,(H,16,19). The largest absolute Gasteiger partial charge is 0.443 e. The molecule has 1 N–H and O–H groups in total. The van der Waals surface area contributed by atoms with Crippen LogP contribution in [0.25, 0.3) is 0 Å². The van der Waals surface area contributed by atoms with Gasteiger partial charge in [0.2, 0.25) is 5.03 Å². The summed E-state index contributed by atoms with van der Waals surface area (Å²) in [5, 5.41) is 5.15. The second kappa shape index (κ2) is 5.88. The number of hydrogen-bond acceptors (Lipinski definition) is 7. The van der Waals surface area contributed by atoms with E-state index in [0.29, 0.717) is 6.54 Å². The van der Waals surface area contributed by atoms with Crippen LogP contribution in [0, 0.1) is 6.92 Å². The molecule has 0 aliphatic carbocycles. The summed E-state index contributed by atoms with van der Waals surface area (Å²) in [6, 6.07) is 0. The van der Waals surface area contributed by atoms with Crippen molar-refractivity contribution in [3.05, 3.63) is 21.8 Å². The van der Waals surface area contributed by atoms with Crippen LogP contribution in [-0.4, -0.2) is 34.3 Å². The number of thiazole rings is 1. The van der Waals surface area contributed by atoms with E-state index in [1.165, 1.54) is 11.6 Å². The lowest BCUT2D eigenvalue weighted by atomic mass is 10.4. The Labute approximate surface area is 132 Å². The Morgan fingerprint density at radius 2 is 2.09 bits per heavy atom. The second-order valence-corrected chi connectivity index (χ2v) is 7.10. The Morgan fingerprint density at radius 1 is 1.43 bits per heavy atom. The Morgan fingerprint density at radius 3 is 2.57 bits per heavy atom. The van der Waals surface area contributed by atoms with Crippen molar-refractivity contribution in [2.24, 2.45) is 0 Å². The Balaban J connectivity index is 2.26. The van der Waals surface area contributed by atoms with Crippen LogP contribution < -0.4 is 4.72 Å². The normalized spacial score (nSPS) is 12.4. The zero-order valence-electron chi connectivity index (χ0n) is 11.7. The number of carbonyl (C=O) groups excluding carboxylic acids is 1. The Kier molecular flexibility index (Phi) is 4.43. The highest BCUT2D eigenvalue weighted by atomic mass is 32.2. The molecule has 0 aliphatic heterocycles. The topological polar surface area (TPSA) is 107 Å². The molecule has 23 heavy (non-hydrogen) atoms. The fourth-order valence-electron chi connectivity index (χ4n) is 1.51. The van der Waals surface area contributed by atoms with Gasteiger partial charge < -0.3 is 0 Å². The monoisotopic (exact) mass is 369 g/mol. The van der Waals surface area contributed by atoms with Crippen molar-refractivity contribution in [3.8, 4) is 0 Å². The van der Waals surface area contributed by atoms with Crippen molar-refractivity contribution < 1.29 is 26.4 Å². The number of aryl methyl sites for hydroxylation is 2. The zero-order chi connectivity index (χ0) is 17.4. The van der Waals surface area contributed by atoms with E-state index in [4.69, 9.17) is 0 Å². The van der Waals surface area contributed by atoms with Gasteiger partial charge in [-0.3, -0.25) is 9.48 Å². The number of aromatic nitrogens is 4. The van der Waals surface area contributed by atoms with Crippen molar-refractivity contribution in [2.75, 3.05) is 0 Å². The van der Waals surface area contributed by atoms with Crippen LogP contribution in [-0.2, 0) is 22.7 Å². The van der Waals surface area contributed by atoms with Crippen LogP contribution in [0.5, 0.6) is 0 Å². The third-order valence-electron chi connectivity index (χ3n) is 2.60. The second-order valence-electron chi connectivity index (χ2n) is 4.27. The number of amides is 1. The zero-order valence-corrected chi connectivity index (χ0v) is 13.4. The maximum atomic E-state index is 12.6. The van der Waals surface area contributed by atoms with Crippen LogP contribution in [0.4, 0.5) is 13.2 Å². The molecular weight excluding hydrogens is 359 g/mol. The minimum absolute atomic E-state index is 0.0535. The maximum absolute atomic E-state index is 12.6. The first-order valence-electron chi connectivity index (χ1n) is 6.06. The molecule has 0 saturated carbocycles. The van der Waals surface area contributed by atoms with Gasteiger partial charge in [0.05, 0.1) is 6.20 Å². The molecule has 0 aliphatic rings. The summed E-state index contributed by atoms with van der Waals surface area (Å²) in [5.41, 5.74) is -0.603. The van der Waals surface area contributed by atoms with Gasteiger partial charge in [0.1, 0.15) is 5.69 Å². The average Bonchev–Trinajstić information content (AvgIpc) is 3.03. The highest BCUT2D eigenvalue weighted by molar-refractivity contribution is 7.90. The van der Waals surface area contributed by atoms with E-state index in [9.17, 15) is 26.4 Å². The van der Waals surface area contributed by atoms with Gasteiger partial charge in [0.15, 0.2) is 5.01 Å². The molecule has 13 heteroatoms. The maximum Gasteiger partial charge on any atom is 0.443 e. The van der Waals surface area contributed by atoms with Crippen LogP contribution >= 0.6 is 11.3 Å². The van der Waals surface area contributed by atoms with Crippen molar-refractivity contribution in [3.63, 3.8) is 0 Å². The number of sulfonamides is 1. The van der Waals surface area contributed by atoms with Gasteiger partial charge in [-0.15, -0.1) is 16.4 Å². The molecule has 2 aromatic rings. The minimum Gasteiger partial charge on any atom is -0.266 e. The molecule has 2 rings (SSSR count). The molecule has 2 heterocycles. The van der Waals surface area contributed by atoms with Gasteiger partial charge in [0, 0.05) is 11.4 Å². The lowest BCUT2D eigenvalue weighted by Gasteiger charge is -2.02. The number of nitrogens with one attached hydrogen (secondary N) is 1. The van der Waals surface area contributed by atoms with Gasteiger partial charge in [-0.25, -0.2) is 9.71 Å². The van der Waals surface area contributed by atoms with Crippen molar-refractivity contribution in [2.45, 2.75) is 31.6 Å². The molecule has 0 bridgehead atoms. The highest BCUT2D eigenvalue weighted by Crippen LogP contribution is 2.33. The molecule has 0 aromatic carbocycles. The van der Waals surface area contributed by atoms with E-state index >= 15 is 0 Å². The summed E-state index contributed by atoms with van der Waals surface area (Å²) < 4.78 is 64.5. The summed E-state index contributed by atoms with van der Waals surface area (Å²) in [5.74, 6) is -1.26. The number of alkyl halides is 3. The first kappa shape index (κ1) is 17.3. The predicted molar refractivity (Wildman–Crippen MR) is 72.2 cm³/mol. The fraction of sp³-hybridized carbons (Fsp3) is 0.400. The average molecular weight is 369 g/mol.